The van der Waals surface area contributed by atoms with Crippen molar-refractivity contribution in [2.45, 2.75) is 25.3 Å². The summed E-state index contributed by atoms with van der Waals surface area (Å²) in [4.78, 5) is 28.3. The van der Waals surface area contributed by atoms with Gasteiger partial charge in [0.25, 0.3) is 11.8 Å². The van der Waals surface area contributed by atoms with Gasteiger partial charge in [-0.15, -0.1) is 0 Å². The third-order valence-electron chi connectivity index (χ3n) is 5.96. The number of likely N-dealkylation sites (tertiary alicyclic amines) is 1. The molecule has 182 valence electrons. The third kappa shape index (κ3) is 5.55. The third-order valence-corrected chi connectivity index (χ3v) is 6.46. The summed E-state index contributed by atoms with van der Waals surface area (Å²) in [6.07, 6.45) is 5.42. The minimum Gasteiger partial charge on any atom is -0.494 e. The molecule has 7 nitrogen and oxygen atoms in total. The van der Waals surface area contributed by atoms with Crippen molar-refractivity contribution in [2.24, 2.45) is 0 Å². The molecule has 1 aliphatic heterocycles. The molecule has 0 radical (unpaired) electrons. The SMILES string of the molecule is COc1c(Cl)cc(Cl)cc1C(=O)NCC1CCCCN1C(=O)c1cnncc1-c1ccc(F)cc1. The van der Waals surface area contributed by atoms with Crippen LogP contribution in [0.2, 0.25) is 10.0 Å². The first-order valence-electron chi connectivity index (χ1n) is 11.1. The molecule has 1 fully saturated rings. The molecule has 10 heteroatoms. The van der Waals surface area contributed by atoms with Crippen molar-refractivity contribution in [3.05, 3.63) is 75.8 Å². The average molecular weight is 517 g/mol. The van der Waals surface area contributed by atoms with Crippen LogP contribution in [0.3, 0.4) is 0 Å². The lowest BCUT2D eigenvalue weighted by Crippen LogP contribution is -2.49. The number of carbonyl (C=O) groups excluding carboxylic acids is 2. The Morgan fingerprint density at radius 1 is 1.11 bits per heavy atom. The quantitative estimate of drug-likeness (QED) is 0.497. The van der Waals surface area contributed by atoms with Gasteiger partial charge >= 0.3 is 0 Å². The summed E-state index contributed by atoms with van der Waals surface area (Å²) < 4.78 is 18.7. The molecule has 0 bridgehead atoms. The van der Waals surface area contributed by atoms with E-state index in [0.717, 1.165) is 19.3 Å². The van der Waals surface area contributed by atoms with Crippen LogP contribution in [0, 0.1) is 5.82 Å². The zero-order valence-electron chi connectivity index (χ0n) is 18.9. The van der Waals surface area contributed by atoms with Crippen molar-refractivity contribution in [2.75, 3.05) is 20.2 Å². The van der Waals surface area contributed by atoms with Gasteiger partial charge in [0.05, 0.1) is 35.7 Å². The van der Waals surface area contributed by atoms with Gasteiger partial charge in [-0.25, -0.2) is 4.39 Å². The number of carbonyl (C=O) groups is 2. The standard InChI is InChI=1S/C25H23Cl2FN4O3/c1-35-23-19(10-16(26)11-22(23)27)24(33)29-12-18-4-2-3-9-32(18)25(34)21-14-31-30-13-20(21)15-5-7-17(28)8-6-15/h5-8,10-11,13-14,18H,2-4,9,12H2,1H3,(H,29,33). The molecule has 0 spiro atoms. The van der Waals surface area contributed by atoms with Crippen molar-refractivity contribution >= 4 is 35.0 Å². The van der Waals surface area contributed by atoms with E-state index in [1.807, 2.05) is 0 Å². The van der Waals surface area contributed by atoms with Crippen molar-refractivity contribution in [3.8, 4) is 16.9 Å². The fourth-order valence-electron chi connectivity index (χ4n) is 4.23. The van der Waals surface area contributed by atoms with Crippen molar-refractivity contribution in [3.63, 3.8) is 0 Å². The molecule has 2 aromatic carbocycles. The summed E-state index contributed by atoms with van der Waals surface area (Å²) in [5.41, 5.74) is 1.82. The van der Waals surface area contributed by atoms with Crippen molar-refractivity contribution in [1.29, 1.82) is 0 Å². The molecular formula is C25H23Cl2FN4O3. The molecule has 1 unspecified atom stereocenters. The Labute approximate surface area is 212 Å². The Kier molecular flexibility index (Phi) is 7.83. The Bertz CT molecular complexity index is 1240. The van der Waals surface area contributed by atoms with E-state index in [1.165, 1.54) is 43.8 Å². The number of halogens is 3. The summed E-state index contributed by atoms with van der Waals surface area (Å²) in [6.45, 7) is 0.777. The zero-order chi connectivity index (χ0) is 24.9. The maximum absolute atomic E-state index is 13.6. The number of nitrogens with zero attached hydrogens (tertiary/aromatic N) is 3. The first-order chi connectivity index (χ1) is 16.9. The van der Waals surface area contributed by atoms with Gasteiger partial charge in [0.15, 0.2) is 0 Å². The first kappa shape index (κ1) is 24.9. The lowest BCUT2D eigenvalue weighted by molar-refractivity contribution is 0.0602. The van der Waals surface area contributed by atoms with E-state index in [9.17, 15) is 14.0 Å². The zero-order valence-corrected chi connectivity index (χ0v) is 20.4. The molecule has 1 aliphatic rings. The number of hydrogen-bond donors (Lipinski definition) is 1. The summed E-state index contributed by atoms with van der Waals surface area (Å²) in [7, 11) is 1.43. The summed E-state index contributed by atoms with van der Waals surface area (Å²) in [5.74, 6) is -0.756. The molecule has 3 aromatic rings. The monoisotopic (exact) mass is 516 g/mol. The minimum absolute atomic E-state index is 0.218. The molecule has 1 aromatic heterocycles. The second kappa shape index (κ2) is 11.0. The number of rotatable bonds is 6. The van der Waals surface area contributed by atoms with Gasteiger partial charge in [-0.3, -0.25) is 9.59 Å². The van der Waals surface area contributed by atoms with E-state index in [4.69, 9.17) is 27.9 Å². The number of methoxy groups -OCH3 is 1. The highest BCUT2D eigenvalue weighted by Crippen LogP contribution is 2.32. The van der Waals surface area contributed by atoms with Crippen LogP contribution in [0.25, 0.3) is 11.1 Å². The van der Waals surface area contributed by atoms with E-state index >= 15 is 0 Å². The minimum atomic E-state index is -0.401. The lowest BCUT2D eigenvalue weighted by Gasteiger charge is -2.36. The van der Waals surface area contributed by atoms with Crippen LogP contribution in [0.5, 0.6) is 5.75 Å². The Balaban J connectivity index is 1.54. The van der Waals surface area contributed by atoms with E-state index in [-0.39, 0.29) is 40.6 Å². The van der Waals surface area contributed by atoms with Crippen LogP contribution in [0.1, 0.15) is 40.0 Å². The van der Waals surface area contributed by atoms with Gasteiger partial charge in [0, 0.05) is 29.7 Å². The van der Waals surface area contributed by atoms with E-state index < -0.39 is 5.91 Å². The highest BCUT2D eigenvalue weighted by atomic mass is 35.5. The Hall–Kier alpha value is -3.23. The van der Waals surface area contributed by atoms with E-state index in [0.29, 0.717) is 28.3 Å². The highest BCUT2D eigenvalue weighted by Gasteiger charge is 2.30. The van der Waals surface area contributed by atoms with Crippen molar-refractivity contribution < 1.29 is 18.7 Å². The number of hydrogen-bond acceptors (Lipinski definition) is 5. The fourth-order valence-corrected chi connectivity index (χ4v) is 4.80. The molecule has 35 heavy (non-hydrogen) atoms. The average Bonchev–Trinajstić information content (AvgIpc) is 2.87. The molecule has 1 atom stereocenters. The largest absolute Gasteiger partial charge is 0.494 e. The summed E-state index contributed by atoms with van der Waals surface area (Å²) in [5, 5.41) is 11.2. The molecule has 2 heterocycles. The molecule has 0 aliphatic carbocycles. The predicted octanol–water partition coefficient (Wildman–Crippen LogP) is 5.02. The van der Waals surface area contributed by atoms with E-state index in [1.54, 1.807) is 17.0 Å². The van der Waals surface area contributed by atoms with Crippen LogP contribution < -0.4 is 10.1 Å². The van der Waals surface area contributed by atoms with Gasteiger partial charge in [0.2, 0.25) is 0 Å². The molecule has 1 N–H and O–H groups in total. The second-order valence-electron chi connectivity index (χ2n) is 8.15. The maximum atomic E-state index is 13.6. The fraction of sp³-hybridized carbons (Fsp3) is 0.280. The number of benzene rings is 2. The smallest absolute Gasteiger partial charge is 0.256 e. The van der Waals surface area contributed by atoms with Gasteiger partial charge in [-0.05, 0) is 49.1 Å². The second-order valence-corrected chi connectivity index (χ2v) is 8.99. The molecule has 1 saturated heterocycles. The number of aromatic nitrogens is 2. The van der Waals surface area contributed by atoms with Gasteiger partial charge in [-0.1, -0.05) is 35.3 Å². The maximum Gasteiger partial charge on any atom is 0.256 e. The molecule has 4 rings (SSSR count). The molecule has 0 saturated carbocycles. The van der Waals surface area contributed by atoms with Crippen LogP contribution in [-0.4, -0.2) is 53.2 Å². The van der Waals surface area contributed by atoms with Gasteiger partial charge < -0.3 is 15.0 Å². The number of piperidine rings is 1. The lowest BCUT2D eigenvalue weighted by atomic mass is 9.98. The predicted molar refractivity (Wildman–Crippen MR) is 131 cm³/mol. The Morgan fingerprint density at radius 3 is 2.60 bits per heavy atom. The van der Waals surface area contributed by atoms with Crippen molar-refractivity contribution in [1.82, 2.24) is 20.4 Å². The highest BCUT2D eigenvalue weighted by molar-refractivity contribution is 6.36. The van der Waals surface area contributed by atoms with Gasteiger partial charge in [-0.2, -0.15) is 10.2 Å². The number of ether oxygens (including phenoxy) is 1. The Morgan fingerprint density at radius 2 is 1.86 bits per heavy atom. The molecular weight excluding hydrogens is 494 g/mol. The summed E-state index contributed by atoms with van der Waals surface area (Å²) >= 11 is 12.2. The van der Waals surface area contributed by atoms with Crippen LogP contribution in [0.15, 0.2) is 48.8 Å². The van der Waals surface area contributed by atoms with Crippen LogP contribution in [0.4, 0.5) is 4.39 Å². The first-order valence-corrected chi connectivity index (χ1v) is 11.8. The number of nitrogens with one attached hydrogen (secondary N) is 1. The number of amides is 2. The normalized spacial score (nSPS) is 15.5. The van der Waals surface area contributed by atoms with E-state index in [2.05, 4.69) is 15.5 Å². The van der Waals surface area contributed by atoms with Gasteiger partial charge in [0.1, 0.15) is 11.6 Å². The molecule has 2 amide bonds. The van der Waals surface area contributed by atoms with Crippen LogP contribution in [-0.2, 0) is 0 Å². The van der Waals surface area contributed by atoms with Crippen LogP contribution >= 0.6 is 23.2 Å². The topological polar surface area (TPSA) is 84.4 Å². The summed E-state index contributed by atoms with van der Waals surface area (Å²) in [6, 6.07) is 8.63.